The lowest BCUT2D eigenvalue weighted by Crippen LogP contribution is -2.56. The number of carbonyl (C=O) groups is 1. The molecule has 6 rings (SSSR count). The normalized spacial score (nSPS) is 20.4. The zero-order valence-electron chi connectivity index (χ0n) is 20.2. The van der Waals surface area contributed by atoms with Crippen LogP contribution in [0.2, 0.25) is 0 Å². The highest BCUT2D eigenvalue weighted by molar-refractivity contribution is 5.80. The highest BCUT2D eigenvalue weighted by atomic mass is 19.1. The summed E-state index contributed by atoms with van der Waals surface area (Å²) in [6.45, 7) is 3.45. The molecule has 0 saturated carbocycles. The second kappa shape index (κ2) is 9.43. The van der Waals surface area contributed by atoms with Gasteiger partial charge in [-0.1, -0.05) is 54.6 Å². The second-order valence-corrected chi connectivity index (χ2v) is 9.44. The molecule has 1 amide bonds. The lowest BCUT2D eigenvalue weighted by atomic mass is 9.89. The predicted octanol–water partition coefficient (Wildman–Crippen LogP) is 6.03. The number of carbonyl (C=O) groups excluding carboxylic acids is 1. The summed E-state index contributed by atoms with van der Waals surface area (Å²) in [6.07, 6.45) is 2.30. The summed E-state index contributed by atoms with van der Waals surface area (Å²) in [5.41, 5.74) is 6.69. The zero-order chi connectivity index (χ0) is 24.6. The Morgan fingerprint density at radius 3 is 2.42 bits per heavy atom. The molecule has 184 valence electrons. The molecule has 3 aromatic rings. The molecule has 3 aromatic carbocycles. The summed E-state index contributed by atoms with van der Waals surface area (Å²) in [5.74, 6) is 0.209. The van der Waals surface area contributed by atoms with Crippen LogP contribution in [-0.4, -0.2) is 49.5 Å². The van der Waals surface area contributed by atoms with Crippen molar-refractivity contribution in [1.29, 1.82) is 0 Å². The van der Waals surface area contributed by atoms with Gasteiger partial charge in [0, 0.05) is 17.5 Å². The van der Waals surface area contributed by atoms with Gasteiger partial charge in [0.2, 0.25) is 0 Å². The van der Waals surface area contributed by atoms with Crippen molar-refractivity contribution in [2.45, 2.75) is 31.3 Å². The van der Waals surface area contributed by atoms with Crippen LogP contribution in [0.1, 0.15) is 36.0 Å². The highest BCUT2D eigenvalue weighted by Gasteiger charge is 2.40. The van der Waals surface area contributed by atoms with Gasteiger partial charge in [-0.25, -0.2) is 9.18 Å². The van der Waals surface area contributed by atoms with Gasteiger partial charge in [0.05, 0.1) is 31.9 Å². The summed E-state index contributed by atoms with van der Waals surface area (Å²) in [4.78, 5) is 15.2. The number of benzene rings is 3. The molecule has 0 aromatic heterocycles. The number of hydrogen-bond acceptors (Lipinski definition) is 4. The molecule has 3 aliphatic rings. The van der Waals surface area contributed by atoms with Crippen molar-refractivity contribution in [3.05, 3.63) is 95.3 Å². The molecule has 36 heavy (non-hydrogen) atoms. The first kappa shape index (κ1) is 22.8. The van der Waals surface area contributed by atoms with Crippen molar-refractivity contribution in [1.82, 2.24) is 4.90 Å². The lowest BCUT2D eigenvalue weighted by molar-refractivity contribution is -0.0331. The Bertz CT molecular complexity index is 1290. The molecule has 1 saturated heterocycles. The molecule has 0 radical (unpaired) electrons. The van der Waals surface area contributed by atoms with Gasteiger partial charge in [-0.3, -0.25) is 4.90 Å². The number of hydrogen-bond donors (Lipinski definition) is 0. The Morgan fingerprint density at radius 2 is 1.72 bits per heavy atom. The van der Waals surface area contributed by atoms with Gasteiger partial charge in [-0.05, 0) is 53.3 Å². The standard InChI is InChI=1S/C30H28FNO4/c1-2-35-29-15-20(31)11-12-23(29)19-13-21-16-34-17-22(14-19)32(21)30(33)36-18-28-26-9-5-3-7-24(26)25-8-4-6-10-27(25)28/h3-13,15,21-22,28H,2,14,16-18H2,1H3. The summed E-state index contributed by atoms with van der Waals surface area (Å²) in [6, 6.07) is 20.9. The van der Waals surface area contributed by atoms with Crippen molar-refractivity contribution in [2.24, 2.45) is 0 Å². The third-order valence-corrected chi connectivity index (χ3v) is 7.33. The van der Waals surface area contributed by atoms with E-state index in [4.69, 9.17) is 14.2 Å². The summed E-state index contributed by atoms with van der Waals surface area (Å²) in [7, 11) is 0. The molecule has 1 aliphatic carbocycles. The van der Waals surface area contributed by atoms with Crippen molar-refractivity contribution >= 4 is 11.7 Å². The number of nitrogens with zero attached hydrogens (tertiary/aromatic N) is 1. The van der Waals surface area contributed by atoms with E-state index in [0.717, 1.165) is 11.1 Å². The van der Waals surface area contributed by atoms with E-state index >= 15 is 0 Å². The minimum atomic E-state index is -0.331. The van der Waals surface area contributed by atoms with Crippen LogP contribution in [0.25, 0.3) is 16.7 Å². The third kappa shape index (κ3) is 3.95. The van der Waals surface area contributed by atoms with Gasteiger partial charge in [-0.15, -0.1) is 0 Å². The topological polar surface area (TPSA) is 48.0 Å². The molecule has 2 heterocycles. The molecular formula is C30H28FNO4. The van der Waals surface area contributed by atoms with Crippen LogP contribution >= 0.6 is 0 Å². The van der Waals surface area contributed by atoms with E-state index in [-0.39, 0.29) is 36.5 Å². The largest absolute Gasteiger partial charge is 0.493 e. The second-order valence-electron chi connectivity index (χ2n) is 9.44. The van der Waals surface area contributed by atoms with Gasteiger partial charge >= 0.3 is 6.09 Å². The molecule has 2 bridgehead atoms. The molecule has 0 N–H and O–H groups in total. The van der Waals surface area contributed by atoms with E-state index in [1.807, 2.05) is 42.2 Å². The summed E-state index contributed by atoms with van der Waals surface area (Å²) < 4.78 is 31.3. The quantitative estimate of drug-likeness (QED) is 0.443. The smallest absolute Gasteiger partial charge is 0.410 e. The first-order chi connectivity index (χ1) is 17.6. The highest BCUT2D eigenvalue weighted by Crippen LogP contribution is 2.45. The maximum Gasteiger partial charge on any atom is 0.410 e. The maximum atomic E-state index is 13.8. The van der Waals surface area contributed by atoms with Gasteiger partial charge in [-0.2, -0.15) is 0 Å². The number of amides is 1. The summed E-state index contributed by atoms with van der Waals surface area (Å²) >= 11 is 0. The summed E-state index contributed by atoms with van der Waals surface area (Å²) in [5, 5.41) is 0. The third-order valence-electron chi connectivity index (χ3n) is 7.33. The first-order valence-corrected chi connectivity index (χ1v) is 12.5. The van der Waals surface area contributed by atoms with E-state index in [9.17, 15) is 9.18 Å². The van der Waals surface area contributed by atoms with E-state index in [0.29, 0.717) is 32.0 Å². The van der Waals surface area contributed by atoms with Crippen LogP contribution in [0, 0.1) is 5.82 Å². The van der Waals surface area contributed by atoms with Crippen LogP contribution in [0.5, 0.6) is 5.75 Å². The van der Waals surface area contributed by atoms with Crippen LogP contribution in [-0.2, 0) is 9.47 Å². The van der Waals surface area contributed by atoms with Crippen molar-refractivity contribution in [3.63, 3.8) is 0 Å². The Hall–Kier alpha value is -3.64. The Kier molecular flexibility index (Phi) is 5.97. The van der Waals surface area contributed by atoms with Crippen molar-refractivity contribution in [3.8, 4) is 16.9 Å². The van der Waals surface area contributed by atoms with E-state index in [1.165, 1.54) is 34.4 Å². The van der Waals surface area contributed by atoms with Crippen LogP contribution in [0.15, 0.2) is 72.8 Å². The Morgan fingerprint density at radius 1 is 1.00 bits per heavy atom. The molecule has 0 spiro atoms. The molecule has 2 atom stereocenters. The van der Waals surface area contributed by atoms with Crippen LogP contribution in [0.3, 0.4) is 0 Å². The number of morpholine rings is 1. The molecule has 2 aliphatic heterocycles. The van der Waals surface area contributed by atoms with E-state index in [2.05, 4.69) is 24.3 Å². The molecule has 5 nitrogen and oxygen atoms in total. The Labute approximate surface area is 210 Å². The number of fused-ring (bicyclic) bond motifs is 5. The minimum absolute atomic E-state index is 0.0151. The van der Waals surface area contributed by atoms with E-state index < -0.39 is 0 Å². The monoisotopic (exact) mass is 485 g/mol. The molecular weight excluding hydrogens is 457 g/mol. The lowest BCUT2D eigenvalue weighted by Gasteiger charge is -2.44. The van der Waals surface area contributed by atoms with Gasteiger partial charge < -0.3 is 14.2 Å². The van der Waals surface area contributed by atoms with Gasteiger partial charge in [0.1, 0.15) is 18.2 Å². The van der Waals surface area contributed by atoms with Crippen LogP contribution in [0.4, 0.5) is 9.18 Å². The number of ether oxygens (including phenoxy) is 3. The average molecular weight is 486 g/mol. The van der Waals surface area contributed by atoms with Gasteiger partial charge in [0.15, 0.2) is 0 Å². The van der Waals surface area contributed by atoms with Crippen molar-refractivity contribution < 1.29 is 23.4 Å². The van der Waals surface area contributed by atoms with E-state index in [1.54, 1.807) is 6.07 Å². The minimum Gasteiger partial charge on any atom is -0.493 e. The van der Waals surface area contributed by atoms with Crippen molar-refractivity contribution in [2.75, 3.05) is 26.4 Å². The molecule has 6 heteroatoms. The SMILES string of the molecule is CCOc1cc(F)ccc1C1=CC2COCC(C1)N2C(=O)OCC1c2ccccc2-c2ccccc21. The average Bonchev–Trinajstić information content (AvgIpc) is 3.20. The fourth-order valence-electron chi connectivity index (χ4n) is 5.79. The fourth-order valence-corrected chi connectivity index (χ4v) is 5.79. The predicted molar refractivity (Wildman–Crippen MR) is 135 cm³/mol. The molecule has 1 fully saturated rings. The zero-order valence-corrected chi connectivity index (χ0v) is 20.2. The van der Waals surface area contributed by atoms with Crippen LogP contribution < -0.4 is 4.74 Å². The fraction of sp³-hybridized carbons (Fsp3) is 0.300. The number of rotatable bonds is 5. The first-order valence-electron chi connectivity index (χ1n) is 12.5. The Balaban J connectivity index is 1.22. The number of halogens is 1. The maximum absolute atomic E-state index is 13.8. The molecule has 2 unspecified atom stereocenters. The van der Waals surface area contributed by atoms with Gasteiger partial charge in [0.25, 0.3) is 0 Å².